The molecule has 1 aromatic heterocycles. The number of nitrogens with zero attached hydrogens (tertiary/aromatic N) is 1. The maximum absolute atomic E-state index is 13.7. The summed E-state index contributed by atoms with van der Waals surface area (Å²) in [6, 6.07) is 5.41. The Morgan fingerprint density at radius 1 is 0.966 bits per heavy atom. The van der Waals surface area contributed by atoms with E-state index in [4.69, 9.17) is 9.15 Å². The summed E-state index contributed by atoms with van der Waals surface area (Å²) in [4.78, 5) is 27.5. The van der Waals surface area contributed by atoms with Crippen molar-refractivity contribution in [2.24, 2.45) is 0 Å². The molecule has 0 atom stereocenters. The number of rotatable bonds is 7. The zero-order chi connectivity index (χ0) is 21.0. The number of carbonyl (C=O) groups is 2. The standard InChI is InChI=1S/C20H13F4NO4/c21-11-1-3-13(15(23)7-11)17(26)10-28-20(27)6-5-19-25-9-18(29-19)14-4-2-12(22)8-16(14)24/h1-4,7-9H,5-6,10H2. The first-order valence-corrected chi connectivity index (χ1v) is 8.37. The fraction of sp³-hybridized carbons (Fsp3) is 0.150. The summed E-state index contributed by atoms with van der Waals surface area (Å²) in [5.74, 6) is -4.85. The Bertz CT molecular complexity index is 1060. The number of carbonyl (C=O) groups excluding carboxylic acids is 2. The molecule has 2 aromatic carbocycles. The molecule has 9 heteroatoms. The molecule has 5 nitrogen and oxygen atoms in total. The van der Waals surface area contributed by atoms with Gasteiger partial charge in [-0.1, -0.05) is 0 Å². The Balaban J connectivity index is 1.52. The lowest BCUT2D eigenvalue weighted by molar-refractivity contribution is -0.142. The van der Waals surface area contributed by atoms with E-state index in [2.05, 4.69) is 4.98 Å². The van der Waals surface area contributed by atoms with E-state index in [9.17, 15) is 27.2 Å². The fourth-order valence-corrected chi connectivity index (χ4v) is 2.46. The highest BCUT2D eigenvalue weighted by Crippen LogP contribution is 2.24. The van der Waals surface area contributed by atoms with Crippen LogP contribution in [0.25, 0.3) is 11.3 Å². The van der Waals surface area contributed by atoms with Crippen molar-refractivity contribution in [2.75, 3.05) is 6.61 Å². The number of esters is 1. The molecule has 29 heavy (non-hydrogen) atoms. The molecule has 0 aliphatic rings. The number of hydrogen-bond acceptors (Lipinski definition) is 5. The average molecular weight is 407 g/mol. The van der Waals surface area contributed by atoms with Gasteiger partial charge in [-0.3, -0.25) is 9.59 Å². The van der Waals surface area contributed by atoms with Gasteiger partial charge in [0.05, 0.1) is 23.7 Å². The molecule has 0 bridgehead atoms. The minimum atomic E-state index is -1.05. The summed E-state index contributed by atoms with van der Waals surface area (Å²) >= 11 is 0. The van der Waals surface area contributed by atoms with Gasteiger partial charge in [0.15, 0.2) is 18.3 Å². The van der Waals surface area contributed by atoms with Gasteiger partial charge in [-0.15, -0.1) is 0 Å². The van der Waals surface area contributed by atoms with Crippen molar-refractivity contribution in [1.82, 2.24) is 4.98 Å². The number of ketones is 1. The minimum Gasteiger partial charge on any atom is -0.457 e. The van der Waals surface area contributed by atoms with Gasteiger partial charge in [0.2, 0.25) is 5.78 Å². The van der Waals surface area contributed by atoms with Crippen molar-refractivity contribution in [1.29, 1.82) is 0 Å². The maximum atomic E-state index is 13.7. The summed E-state index contributed by atoms with van der Waals surface area (Å²) in [5.41, 5.74) is -0.377. The molecule has 3 rings (SSSR count). The van der Waals surface area contributed by atoms with Crippen molar-refractivity contribution in [3.8, 4) is 11.3 Å². The maximum Gasteiger partial charge on any atom is 0.306 e. The lowest BCUT2D eigenvalue weighted by Crippen LogP contribution is -2.15. The van der Waals surface area contributed by atoms with Crippen LogP contribution in [0, 0.1) is 23.3 Å². The highest BCUT2D eigenvalue weighted by atomic mass is 19.1. The Hall–Kier alpha value is -3.49. The molecule has 0 saturated heterocycles. The van der Waals surface area contributed by atoms with Gasteiger partial charge in [0.1, 0.15) is 23.3 Å². The quantitative estimate of drug-likeness (QED) is 0.333. The second-order valence-corrected chi connectivity index (χ2v) is 5.95. The number of hydrogen-bond donors (Lipinski definition) is 0. The number of ether oxygens (including phenoxy) is 1. The summed E-state index contributed by atoms with van der Waals surface area (Å²) < 4.78 is 63.2. The third-order valence-corrected chi connectivity index (χ3v) is 3.89. The number of benzene rings is 2. The molecule has 0 N–H and O–H groups in total. The molecule has 0 fully saturated rings. The van der Waals surface area contributed by atoms with Crippen LogP contribution in [0.2, 0.25) is 0 Å². The lowest BCUT2D eigenvalue weighted by atomic mass is 10.1. The van der Waals surface area contributed by atoms with Crippen LogP contribution >= 0.6 is 0 Å². The third kappa shape index (κ3) is 5.07. The van der Waals surface area contributed by atoms with Gasteiger partial charge >= 0.3 is 5.97 Å². The van der Waals surface area contributed by atoms with E-state index < -0.39 is 47.2 Å². The van der Waals surface area contributed by atoms with Crippen molar-refractivity contribution < 1.29 is 36.3 Å². The molecular formula is C20H13F4NO4. The molecule has 0 amide bonds. The van der Waals surface area contributed by atoms with Crippen LogP contribution in [-0.2, 0) is 16.0 Å². The van der Waals surface area contributed by atoms with Gasteiger partial charge in [0, 0.05) is 18.6 Å². The van der Waals surface area contributed by atoms with Gasteiger partial charge in [-0.05, 0) is 24.3 Å². The van der Waals surface area contributed by atoms with Crippen LogP contribution in [0.15, 0.2) is 47.0 Å². The molecular weight excluding hydrogens is 394 g/mol. The minimum absolute atomic E-state index is 0.000741. The molecule has 150 valence electrons. The van der Waals surface area contributed by atoms with Crippen molar-refractivity contribution >= 4 is 11.8 Å². The second-order valence-electron chi connectivity index (χ2n) is 5.95. The van der Waals surface area contributed by atoms with E-state index in [0.717, 1.165) is 18.2 Å². The normalized spacial score (nSPS) is 10.8. The monoisotopic (exact) mass is 407 g/mol. The zero-order valence-electron chi connectivity index (χ0n) is 14.8. The molecule has 0 spiro atoms. The number of halogens is 4. The van der Waals surface area contributed by atoms with E-state index in [1.165, 1.54) is 12.3 Å². The molecule has 3 aromatic rings. The SMILES string of the molecule is O=C(CCc1ncc(-c2ccc(F)cc2F)o1)OCC(=O)c1ccc(F)cc1F. The van der Waals surface area contributed by atoms with E-state index in [-0.39, 0.29) is 30.1 Å². The number of oxazole rings is 1. The molecule has 0 saturated carbocycles. The highest BCUT2D eigenvalue weighted by molar-refractivity contribution is 5.98. The predicted molar refractivity (Wildman–Crippen MR) is 91.8 cm³/mol. The number of aryl methyl sites for hydroxylation is 1. The summed E-state index contributed by atoms with van der Waals surface area (Å²) in [6.45, 7) is -0.709. The Labute approximate surface area is 161 Å². The topological polar surface area (TPSA) is 69.4 Å². The molecule has 0 unspecified atom stereocenters. The van der Waals surface area contributed by atoms with Gasteiger partial charge in [-0.2, -0.15) is 0 Å². The zero-order valence-corrected chi connectivity index (χ0v) is 14.8. The van der Waals surface area contributed by atoms with Crippen molar-refractivity contribution in [3.63, 3.8) is 0 Å². The Kier molecular flexibility index (Phi) is 6.06. The number of aromatic nitrogens is 1. The van der Waals surface area contributed by atoms with Crippen LogP contribution in [0.1, 0.15) is 22.7 Å². The van der Waals surface area contributed by atoms with Gasteiger partial charge in [-0.25, -0.2) is 22.5 Å². The average Bonchev–Trinajstić information content (AvgIpc) is 3.13. The van der Waals surface area contributed by atoms with Crippen molar-refractivity contribution in [2.45, 2.75) is 12.8 Å². The summed E-state index contributed by atoms with van der Waals surface area (Å²) in [7, 11) is 0. The van der Waals surface area contributed by atoms with E-state index in [1.807, 2.05) is 0 Å². The molecule has 1 heterocycles. The van der Waals surface area contributed by atoms with Crippen molar-refractivity contribution in [3.05, 3.63) is 77.3 Å². The first-order chi connectivity index (χ1) is 13.8. The molecule has 0 radical (unpaired) electrons. The molecule has 0 aliphatic carbocycles. The van der Waals surface area contributed by atoms with E-state index in [0.29, 0.717) is 12.1 Å². The first kappa shape index (κ1) is 20.2. The fourth-order valence-electron chi connectivity index (χ4n) is 2.46. The van der Waals surface area contributed by atoms with Crippen LogP contribution in [0.4, 0.5) is 17.6 Å². The summed E-state index contributed by atoms with van der Waals surface area (Å²) in [6.07, 6.45) is 1.03. The van der Waals surface area contributed by atoms with Crippen LogP contribution in [0.3, 0.4) is 0 Å². The van der Waals surface area contributed by atoms with E-state index in [1.54, 1.807) is 0 Å². The Morgan fingerprint density at radius 3 is 2.34 bits per heavy atom. The van der Waals surface area contributed by atoms with Crippen LogP contribution in [-0.4, -0.2) is 23.3 Å². The third-order valence-electron chi connectivity index (χ3n) is 3.89. The van der Waals surface area contributed by atoms with Gasteiger partial charge < -0.3 is 9.15 Å². The van der Waals surface area contributed by atoms with Gasteiger partial charge in [0.25, 0.3) is 0 Å². The number of Topliss-reactive ketones (excluding diaryl/α,β-unsaturated/α-hetero) is 1. The second kappa shape index (κ2) is 8.68. The van der Waals surface area contributed by atoms with Crippen LogP contribution < -0.4 is 0 Å². The largest absolute Gasteiger partial charge is 0.457 e. The van der Waals surface area contributed by atoms with Crippen LogP contribution in [0.5, 0.6) is 0 Å². The highest BCUT2D eigenvalue weighted by Gasteiger charge is 2.16. The lowest BCUT2D eigenvalue weighted by Gasteiger charge is -2.05. The predicted octanol–water partition coefficient (Wildman–Crippen LogP) is 4.26. The first-order valence-electron chi connectivity index (χ1n) is 8.37. The smallest absolute Gasteiger partial charge is 0.306 e. The Morgan fingerprint density at radius 2 is 1.66 bits per heavy atom. The summed E-state index contributed by atoms with van der Waals surface area (Å²) in [5, 5.41) is 0. The van der Waals surface area contributed by atoms with E-state index >= 15 is 0 Å². The molecule has 0 aliphatic heterocycles.